The van der Waals surface area contributed by atoms with E-state index >= 15 is 0 Å². The van der Waals surface area contributed by atoms with E-state index in [2.05, 4.69) is 10.6 Å². The molecule has 0 saturated carbocycles. The minimum atomic E-state index is -0.890. The van der Waals surface area contributed by atoms with E-state index in [9.17, 15) is 19.2 Å². The Labute approximate surface area is 201 Å². The highest BCUT2D eigenvalue weighted by Crippen LogP contribution is 2.33. The molecule has 0 aromatic heterocycles. The van der Waals surface area contributed by atoms with Crippen LogP contribution in [0, 0.1) is 0 Å². The van der Waals surface area contributed by atoms with Crippen molar-refractivity contribution in [1.29, 1.82) is 0 Å². The molecule has 3 aromatic carbocycles. The fourth-order valence-electron chi connectivity index (χ4n) is 4.16. The first-order valence-electron chi connectivity index (χ1n) is 11.1. The molecule has 1 atom stereocenters. The lowest BCUT2D eigenvalue weighted by Gasteiger charge is -2.33. The average molecular weight is 470 g/mol. The Morgan fingerprint density at radius 2 is 1.60 bits per heavy atom. The van der Waals surface area contributed by atoms with Gasteiger partial charge in [0.15, 0.2) is 6.10 Å². The zero-order chi connectivity index (χ0) is 24.5. The summed E-state index contributed by atoms with van der Waals surface area (Å²) in [5.74, 6) is -0.731. The number of para-hydroxylation sites is 4. The molecule has 9 nitrogen and oxygen atoms in total. The van der Waals surface area contributed by atoms with Gasteiger partial charge in [-0.15, -0.1) is 0 Å². The van der Waals surface area contributed by atoms with Crippen molar-refractivity contribution in [3.05, 3.63) is 78.4 Å². The second-order valence-corrected chi connectivity index (χ2v) is 8.23. The third-order valence-corrected chi connectivity index (χ3v) is 5.86. The van der Waals surface area contributed by atoms with Gasteiger partial charge in [0.05, 0.1) is 23.6 Å². The van der Waals surface area contributed by atoms with Gasteiger partial charge in [0.1, 0.15) is 12.3 Å². The number of hydrogen-bond acceptors (Lipinski definition) is 5. The molecule has 1 unspecified atom stereocenters. The molecule has 0 bridgehead atoms. The van der Waals surface area contributed by atoms with Gasteiger partial charge in [-0.3, -0.25) is 24.1 Å². The van der Waals surface area contributed by atoms with E-state index in [0.717, 1.165) is 0 Å². The fourth-order valence-corrected chi connectivity index (χ4v) is 4.16. The Bertz CT molecular complexity index is 1340. The van der Waals surface area contributed by atoms with Crippen molar-refractivity contribution in [3.63, 3.8) is 0 Å². The molecule has 176 valence electrons. The first-order valence-corrected chi connectivity index (χ1v) is 11.1. The van der Waals surface area contributed by atoms with Crippen molar-refractivity contribution < 1.29 is 23.9 Å². The van der Waals surface area contributed by atoms with Gasteiger partial charge in [0.2, 0.25) is 11.8 Å². The van der Waals surface area contributed by atoms with E-state index in [1.165, 1.54) is 16.7 Å². The third kappa shape index (κ3) is 4.31. The molecule has 0 aliphatic carbocycles. The van der Waals surface area contributed by atoms with Crippen LogP contribution in [0.5, 0.6) is 5.75 Å². The normalized spacial score (nSPS) is 16.4. The lowest BCUT2D eigenvalue weighted by molar-refractivity contribution is -0.123. The van der Waals surface area contributed by atoms with Crippen LogP contribution < -0.4 is 25.2 Å². The van der Waals surface area contributed by atoms with E-state index in [1.807, 2.05) is 0 Å². The number of anilines is 4. The summed E-state index contributed by atoms with van der Waals surface area (Å²) < 4.78 is 5.83. The van der Waals surface area contributed by atoms with Crippen LogP contribution in [0.4, 0.5) is 22.7 Å². The van der Waals surface area contributed by atoms with Crippen LogP contribution in [0.2, 0.25) is 0 Å². The molecule has 2 N–H and O–H groups in total. The van der Waals surface area contributed by atoms with Crippen molar-refractivity contribution in [2.75, 3.05) is 33.5 Å². The van der Waals surface area contributed by atoms with Crippen LogP contribution in [-0.4, -0.2) is 42.8 Å². The second-order valence-electron chi connectivity index (χ2n) is 8.23. The molecule has 0 fully saturated rings. The summed E-state index contributed by atoms with van der Waals surface area (Å²) in [6.07, 6.45) is -0.890. The van der Waals surface area contributed by atoms with Crippen molar-refractivity contribution >= 4 is 46.4 Å². The van der Waals surface area contributed by atoms with Crippen LogP contribution in [0.15, 0.2) is 72.8 Å². The molecular weight excluding hydrogens is 448 g/mol. The molecule has 0 radical (unpaired) electrons. The summed E-state index contributed by atoms with van der Waals surface area (Å²) in [5.41, 5.74) is 2.67. The van der Waals surface area contributed by atoms with Crippen LogP contribution in [0.1, 0.15) is 17.3 Å². The maximum Gasteiger partial charge on any atom is 0.267 e. The van der Waals surface area contributed by atoms with Crippen LogP contribution in [-0.2, 0) is 14.4 Å². The number of hydrogen-bond donors (Lipinski definition) is 2. The summed E-state index contributed by atoms with van der Waals surface area (Å²) in [6.45, 7) is 1.45. The first kappa shape index (κ1) is 22.1. The van der Waals surface area contributed by atoms with Crippen LogP contribution in [0.3, 0.4) is 0 Å². The molecule has 35 heavy (non-hydrogen) atoms. The smallest absolute Gasteiger partial charge is 0.267 e. The zero-order valence-electron chi connectivity index (χ0n) is 18.9. The highest BCUT2D eigenvalue weighted by atomic mass is 16.5. The molecule has 9 heteroatoms. The predicted octanol–water partition coefficient (Wildman–Crippen LogP) is 3.04. The quantitative estimate of drug-likeness (QED) is 0.612. The maximum absolute atomic E-state index is 13.1. The van der Waals surface area contributed by atoms with Gasteiger partial charge in [-0.2, -0.15) is 0 Å². The molecule has 5 rings (SSSR count). The molecule has 0 spiro atoms. The first-order chi connectivity index (χ1) is 16.9. The Kier molecular flexibility index (Phi) is 5.66. The van der Waals surface area contributed by atoms with Crippen molar-refractivity contribution in [3.8, 4) is 5.75 Å². The number of ether oxygens (including phenoxy) is 1. The summed E-state index contributed by atoms with van der Waals surface area (Å²) in [5, 5.41) is 5.54. The van der Waals surface area contributed by atoms with Gasteiger partial charge in [0, 0.05) is 18.2 Å². The number of amides is 4. The molecule has 2 heterocycles. The van der Waals surface area contributed by atoms with E-state index in [0.29, 0.717) is 34.1 Å². The van der Waals surface area contributed by atoms with Crippen LogP contribution in [0.25, 0.3) is 0 Å². The molecule has 4 amide bonds. The van der Waals surface area contributed by atoms with Gasteiger partial charge >= 0.3 is 0 Å². The zero-order valence-corrected chi connectivity index (χ0v) is 18.9. The Morgan fingerprint density at radius 3 is 2.34 bits per heavy atom. The third-order valence-electron chi connectivity index (χ3n) is 5.86. The predicted molar refractivity (Wildman–Crippen MR) is 131 cm³/mol. The summed E-state index contributed by atoms with van der Waals surface area (Å²) >= 11 is 0. The van der Waals surface area contributed by atoms with Gasteiger partial charge in [0.25, 0.3) is 11.8 Å². The van der Waals surface area contributed by atoms with Crippen molar-refractivity contribution in [2.45, 2.75) is 13.0 Å². The van der Waals surface area contributed by atoms with Gasteiger partial charge < -0.3 is 20.3 Å². The average Bonchev–Trinajstić information content (AvgIpc) is 2.87. The standard InChI is InChI=1S/C26H22N4O5/c1-16(31)29-14-23(35-22-9-5-4-8-21(22)29)25(33)27-18-12-10-17(11-13-18)26(34)30-15-24(32)28-19-6-2-3-7-20(19)30/h2-13,23H,14-15H2,1H3,(H,27,33)(H,28,32). The number of nitrogens with zero attached hydrogens (tertiary/aromatic N) is 2. The second kappa shape index (κ2) is 8.94. The topological polar surface area (TPSA) is 108 Å². The van der Waals surface area contributed by atoms with Crippen molar-refractivity contribution in [2.24, 2.45) is 0 Å². The maximum atomic E-state index is 13.1. The van der Waals surface area contributed by atoms with Gasteiger partial charge in [-0.05, 0) is 48.5 Å². The molecule has 3 aromatic rings. The number of fused-ring (bicyclic) bond motifs is 2. The van der Waals surface area contributed by atoms with E-state index in [4.69, 9.17) is 4.74 Å². The molecule has 0 saturated heterocycles. The fraction of sp³-hybridized carbons (Fsp3) is 0.154. The molecule has 2 aliphatic rings. The Hall–Kier alpha value is -4.66. The van der Waals surface area contributed by atoms with E-state index in [1.54, 1.807) is 72.8 Å². The molecule has 2 aliphatic heterocycles. The number of nitrogens with one attached hydrogen (secondary N) is 2. The summed E-state index contributed by atoms with van der Waals surface area (Å²) in [6, 6.07) is 20.6. The Morgan fingerprint density at radius 1 is 0.914 bits per heavy atom. The highest BCUT2D eigenvalue weighted by Gasteiger charge is 2.33. The highest BCUT2D eigenvalue weighted by molar-refractivity contribution is 6.15. The van der Waals surface area contributed by atoms with Gasteiger partial charge in [-0.25, -0.2) is 0 Å². The van der Waals surface area contributed by atoms with Crippen molar-refractivity contribution in [1.82, 2.24) is 0 Å². The minimum Gasteiger partial charge on any atom is -0.476 e. The van der Waals surface area contributed by atoms with Crippen LogP contribution >= 0.6 is 0 Å². The monoisotopic (exact) mass is 470 g/mol. The largest absolute Gasteiger partial charge is 0.476 e. The summed E-state index contributed by atoms with van der Waals surface area (Å²) in [4.78, 5) is 53.1. The lowest BCUT2D eigenvalue weighted by Crippen LogP contribution is -2.48. The number of carbonyl (C=O) groups excluding carboxylic acids is 4. The number of rotatable bonds is 3. The number of carbonyl (C=O) groups is 4. The Balaban J connectivity index is 1.29. The SMILES string of the molecule is CC(=O)N1CC(C(=O)Nc2ccc(C(=O)N3CC(=O)Nc4ccccc43)cc2)Oc2ccccc21. The van der Waals surface area contributed by atoms with Gasteiger partial charge in [-0.1, -0.05) is 24.3 Å². The molecular formula is C26H22N4O5. The lowest BCUT2D eigenvalue weighted by atomic mass is 10.1. The van der Waals surface area contributed by atoms with E-state index in [-0.39, 0.29) is 30.8 Å². The summed E-state index contributed by atoms with van der Waals surface area (Å²) in [7, 11) is 0. The minimum absolute atomic E-state index is 0.0819. The number of benzene rings is 3. The van der Waals surface area contributed by atoms with E-state index < -0.39 is 12.0 Å².